The van der Waals surface area contributed by atoms with E-state index < -0.39 is 0 Å². The number of anilines is 1. The van der Waals surface area contributed by atoms with E-state index >= 15 is 0 Å². The topological polar surface area (TPSA) is 84.0 Å². The zero-order valence-corrected chi connectivity index (χ0v) is 21.9. The van der Waals surface area contributed by atoms with Crippen molar-refractivity contribution in [3.63, 3.8) is 0 Å². The van der Waals surface area contributed by atoms with Gasteiger partial charge in [0.15, 0.2) is 5.96 Å². The van der Waals surface area contributed by atoms with Gasteiger partial charge < -0.3 is 25.4 Å². The average Bonchev–Trinajstić information content (AvgIpc) is 3.31. The predicted octanol–water partition coefficient (Wildman–Crippen LogP) is 4.25. The molecule has 2 unspecified atom stereocenters. The van der Waals surface area contributed by atoms with E-state index in [-0.39, 0.29) is 42.1 Å². The number of benzene rings is 2. The SMILES string of the molecule is CCNC(=NCc1cccc(NC(=O)C2CCCO2)c1)NCC(C)Oc1cccc(C)c1.I. The molecule has 2 aromatic rings. The maximum absolute atomic E-state index is 12.3. The van der Waals surface area contributed by atoms with Gasteiger partial charge in [0, 0.05) is 18.8 Å². The Balaban J connectivity index is 0.00000385. The quantitative estimate of drug-likeness (QED) is 0.240. The van der Waals surface area contributed by atoms with E-state index in [0.29, 0.717) is 19.7 Å². The molecule has 3 N–H and O–H groups in total. The predicted molar refractivity (Wildman–Crippen MR) is 144 cm³/mol. The van der Waals surface area contributed by atoms with Crippen molar-refractivity contribution in [1.29, 1.82) is 0 Å². The van der Waals surface area contributed by atoms with E-state index in [0.717, 1.165) is 42.3 Å². The lowest BCUT2D eigenvalue weighted by molar-refractivity contribution is -0.124. The van der Waals surface area contributed by atoms with Crippen LogP contribution >= 0.6 is 24.0 Å². The second-order valence-electron chi connectivity index (χ2n) is 8.01. The molecule has 0 bridgehead atoms. The van der Waals surface area contributed by atoms with Crippen LogP contribution in [0.5, 0.6) is 5.75 Å². The van der Waals surface area contributed by atoms with Crippen LogP contribution in [0.1, 0.15) is 37.8 Å². The van der Waals surface area contributed by atoms with Gasteiger partial charge >= 0.3 is 0 Å². The molecule has 3 rings (SSSR count). The third-order valence-corrected chi connectivity index (χ3v) is 5.06. The number of nitrogens with one attached hydrogen (secondary N) is 3. The fourth-order valence-corrected chi connectivity index (χ4v) is 3.47. The lowest BCUT2D eigenvalue weighted by Crippen LogP contribution is -2.41. The third kappa shape index (κ3) is 9.21. The van der Waals surface area contributed by atoms with Crippen molar-refractivity contribution in [2.45, 2.75) is 52.4 Å². The van der Waals surface area contributed by atoms with Crippen molar-refractivity contribution in [1.82, 2.24) is 10.6 Å². The smallest absolute Gasteiger partial charge is 0.253 e. The second-order valence-corrected chi connectivity index (χ2v) is 8.01. The Morgan fingerprint density at radius 3 is 2.76 bits per heavy atom. The summed E-state index contributed by atoms with van der Waals surface area (Å²) in [6, 6.07) is 15.8. The summed E-state index contributed by atoms with van der Waals surface area (Å²) in [5.41, 5.74) is 2.94. The molecule has 33 heavy (non-hydrogen) atoms. The van der Waals surface area contributed by atoms with E-state index in [4.69, 9.17) is 9.47 Å². The number of carbonyl (C=O) groups excluding carboxylic acids is 1. The van der Waals surface area contributed by atoms with Gasteiger partial charge in [-0.25, -0.2) is 4.99 Å². The van der Waals surface area contributed by atoms with Gasteiger partial charge in [0.2, 0.25) is 0 Å². The van der Waals surface area contributed by atoms with Crippen LogP contribution in [0.3, 0.4) is 0 Å². The van der Waals surface area contributed by atoms with Crippen LogP contribution in [-0.4, -0.2) is 43.8 Å². The molecule has 1 amide bonds. The van der Waals surface area contributed by atoms with Crippen molar-refractivity contribution in [2.24, 2.45) is 4.99 Å². The number of carbonyl (C=O) groups is 1. The monoisotopic (exact) mass is 566 g/mol. The summed E-state index contributed by atoms with van der Waals surface area (Å²) in [5.74, 6) is 1.50. The highest BCUT2D eigenvalue weighted by atomic mass is 127. The van der Waals surface area contributed by atoms with Crippen molar-refractivity contribution >= 4 is 41.5 Å². The molecule has 1 heterocycles. The van der Waals surface area contributed by atoms with Gasteiger partial charge in [-0.15, -0.1) is 24.0 Å². The molecule has 1 saturated heterocycles. The molecular weight excluding hydrogens is 531 g/mol. The summed E-state index contributed by atoms with van der Waals surface area (Å²) in [6.45, 7) is 8.64. The lowest BCUT2D eigenvalue weighted by Gasteiger charge is -2.18. The van der Waals surface area contributed by atoms with Crippen LogP contribution in [-0.2, 0) is 16.1 Å². The van der Waals surface area contributed by atoms with E-state index in [2.05, 4.69) is 33.9 Å². The normalized spacial score (nSPS) is 16.5. The number of aryl methyl sites for hydroxylation is 1. The van der Waals surface area contributed by atoms with E-state index in [1.54, 1.807) is 0 Å². The molecule has 7 nitrogen and oxygen atoms in total. The Hall–Kier alpha value is -2.33. The molecule has 0 spiro atoms. The first kappa shape index (κ1) is 26.9. The Morgan fingerprint density at radius 1 is 1.21 bits per heavy atom. The minimum atomic E-state index is -0.342. The van der Waals surface area contributed by atoms with Crippen molar-refractivity contribution in [2.75, 3.05) is 25.0 Å². The summed E-state index contributed by atoms with van der Waals surface area (Å²) in [7, 11) is 0. The second kappa shape index (κ2) is 14.0. The van der Waals surface area contributed by atoms with E-state index in [9.17, 15) is 4.79 Å². The van der Waals surface area contributed by atoms with Gasteiger partial charge in [-0.1, -0.05) is 24.3 Å². The number of aliphatic imine (C=N–C) groups is 1. The Labute approximate surface area is 213 Å². The van der Waals surface area contributed by atoms with E-state index in [1.165, 1.54) is 5.56 Å². The first-order valence-corrected chi connectivity index (χ1v) is 11.3. The highest BCUT2D eigenvalue weighted by Gasteiger charge is 2.23. The fraction of sp³-hybridized carbons (Fsp3) is 0.440. The highest BCUT2D eigenvalue weighted by molar-refractivity contribution is 14.0. The van der Waals surface area contributed by atoms with Crippen molar-refractivity contribution in [3.8, 4) is 5.75 Å². The summed E-state index contributed by atoms with van der Waals surface area (Å²) >= 11 is 0. The molecule has 0 aromatic heterocycles. The molecule has 180 valence electrons. The number of guanidine groups is 1. The van der Waals surface area contributed by atoms with Crippen LogP contribution in [0.25, 0.3) is 0 Å². The summed E-state index contributed by atoms with van der Waals surface area (Å²) in [6.07, 6.45) is 1.35. The van der Waals surface area contributed by atoms with Crippen molar-refractivity contribution < 1.29 is 14.3 Å². The molecule has 1 aliphatic heterocycles. The van der Waals surface area contributed by atoms with Gasteiger partial charge in [0.05, 0.1) is 13.1 Å². The first-order valence-electron chi connectivity index (χ1n) is 11.3. The number of rotatable bonds is 9. The standard InChI is InChI=1S/C25H34N4O3.HI/c1-4-26-25(27-16-19(3)32-22-11-5-8-18(2)14-22)28-17-20-9-6-10-21(15-20)29-24(30)23-12-7-13-31-23;/h5-6,8-11,14-15,19,23H,4,7,12-13,16-17H2,1-3H3,(H,29,30)(H2,26,27,28);1H. The number of hydrogen-bond acceptors (Lipinski definition) is 4. The molecule has 8 heteroatoms. The summed E-state index contributed by atoms with van der Waals surface area (Å²) in [4.78, 5) is 17.0. The maximum atomic E-state index is 12.3. The van der Waals surface area contributed by atoms with Gasteiger partial charge in [0.25, 0.3) is 5.91 Å². The molecule has 0 saturated carbocycles. The van der Waals surface area contributed by atoms with Gasteiger partial charge in [-0.3, -0.25) is 4.79 Å². The number of ether oxygens (including phenoxy) is 2. The summed E-state index contributed by atoms with van der Waals surface area (Å²) < 4.78 is 11.4. The zero-order valence-electron chi connectivity index (χ0n) is 19.6. The van der Waals surface area contributed by atoms with Crippen LogP contribution < -0.4 is 20.7 Å². The Morgan fingerprint density at radius 2 is 2.03 bits per heavy atom. The summed E-state index contributed by atoms with van der Waals surface area (Å²) in [5, 5.41) is 9.54. The number of nitrogens with zero attached hydrogens (tertiary/aromatic N) is 1. The first-order chi connectivity index (χ1) is 15.5. The van der Waals surface area contributed by atoms with Gasteiger partial charge in [0.1, 0.15) is 18.0 Å². The van der Waals surface area contributed by atoms with Gasteiger partial charge in [-0.2, -0.15) is 0 Å². The Bertz CT molecular complexity index is 916. The van der Waals surface area contributed by atoms with Gasteiger partial charge in [-0.05, 0) is 69.0 Å². The molecule has 2 aromatic carbocycles. The van der Waals surface area contributed by atoms with Crippen LogP contribution in [0, 0.1) is 6.92 Å². The molecular formula is C25H35IN4O3. The molecule has 0 aliphatic carbocycles. The highest BCUT2D eigenvalue weighted by Crippen LogP contribution is 2.17. The van der Waals surface area contributed by atoms with E-state index in [1.807, 2.05) is 56.3 Å². The lowest BCUT2D eigenvalue weighted by atomic mass is 10.2. The van der Waals surface area contributed by atoms with Crippen LogP contribution in [0.4, 0.5) is 5.69 Å². The molecule has 1 fully saturated rings. The largest absolute Gasteiger partial charge is 0.489 e. The minimum absolute atomic E-state index is 0. The number of halogens is 1. The Kier molecular flexibility index (Phi) is 11.5. The third-order valence-electron chi connectivity index (χ3n) is 5.06. The van der Waals surface area contributed by atoms with Crippen LogP contribution in [0.2, 0.25) is 0 Å². The molecule has 0 radical (unpaired) electrons. The number of amides is 1. The number of hydrogen-bond donors (Lipinski definition) is 3. The van der Waals surface area contributed by atoms with Crippen molar-refractivity contribution in [3.05, 3.63) is 59.7 Å². The molecule has 2 atom stereocenters. The minimum Gasteiger partial charge on any atom is -0.489 e. The maximum Gasteiger partial charge on any atom is 0.253 e. The fourth-order valence-electron chi connectivity index (χ4n) is 3.47. The van der Waals surface area contributed by atoms with Crippen LogP contribution in [0.15, 0.2) is 53.5 Å². The average molecular weight is 566 g/mol. The zero-order chi connectivity index (χ0) is 22.8. The molecule has 1 aliphatic rings.